The number of ether oxygens (including phenoxy) is 1. The van der Waals surface area contributed by atoms with Crippen LogP contribution in [0.1, 0.15) is 12.0 Å². The molecule has 1 aromatic rings. The predicted octanol–water partition coefficient (Wildman–Crippen LogP) is 2.27. The van der Waals surface area contributed by atoms with E-state index in [1.54, 1.807) is 7.11 Å². The molecule has 0 atom stereocenters. The van der Waals surface area contributed by atoms with Gasteiger partial charge in [0.1, 0.15) is 0 Å². The van der Waals surface area contributed by atoms with Gasteiger partial charge in [-0.15, -0.1) is 0 Å². The Morgan fingerprint density at radius 2 is 1.90 bits per heavy atom. The van der Waals surface area contributed by atoms with Crippen molar-refractivity contribution in [1.29, 1.82) is 0 Å². The molecule has 0 heterocycles. The highest BCUT2D eigenvalue weighted by Gasteiger charge is 2.29. The highest BCUT2D eigenvalue weighted by molar-refractivity contribution is 5.80. The molecule has 0 saturated carbocycles. The molecule has 0 aliphatic carbocycles. The van der Waals surface area contributed by atoms with Gasteiger partial charge in [-0.3, -0.25) is 4.79 Å². The summed E-state index contributed by atoms with van der Waals surface area (Å²) in [5.41, 5.74) is -0.253. The van der Waals surface area contributed by atoms with Crippen LogP contribution in [0, 0.1) is 0 Å². The smallest absolute Gasteiger partial charge is 0.385 e. The Labute approximate surface area is 115 Å². The largest absolute Gasteiger partial charge is 0.416 e. The first kappa shape index (κ1) is 16.3. The summed E-state index contributed by atoms with van der Waals surface area (Å²) in [4.78, 5) is 11.4. The summed E-state index contributed by atoms with van der Waals surface area (Å²) in [7, 11) is 1.58. The third-order valence-electron chi connectivity index (χ3n) is 2.51. The molecule has 0 fully saturated rings. The minimum Gasteiger partial charge on any atom is -0.385 e. The maximum absolute atomic E-state index is 12.3. The second kappa shape index (κ2) is 7.74. The van der Waals surface area contributed by atoms with Gasteiger partial charge in [-0.25, -0.2) is 0 Å². The monoisotopic (exact) mass is 290 g/mol. The van der Waals surface area contributed by atoms with Gasteiger partial charge in [-0.05, 0) is 30.7 Å². The van der Waals surface area contributed by atoms with Crippen molar-refractivity contribution in [1.82, 2.24) is 5.32 Å². The van der Waals surface area contributed by atoms with Crippen molar-refractivity contribution in [2.45, 2.75) is 12.6 Å². The summed E-state index contributed by atoms with van der Waals surface area (Å²) in [5, 5.41) is 5.42. The Balaban J connectivity index is 2.33. The summed E-state index contributed by atoms with van der Waals surface area (Å²) in [6.07, 6.45) is -3.64. The molecular weight excluding hydrogens is 273 g/mol. The van der Waals surface area contributed by atoms with Crippen LogP contribution in [0.15, 0.2) is 24.3 Å². The molecule has 0 aliphatic heterocycles. The quantitative estimate of drug-likeness (QED) is 0.757. The summed E-state index contributed by atoms with van der Waals surface area (Å²) in [5.74, 6) is -0.221. The van der Waals surface area contributed by atoms with E-state index >= 15 is 0 Å². The van der Waals surface area contributed by atoms with Crippen LogP contribution in [0.4, 0.5) is 18.9 Å². The fourth-order valence-electron chi connectivity index (χ4n) is 1.47. The summed E-state index contributed by atoms with van der Waals surface area (Å²) in [6.45, 7) is 1.08. The zero-order valence-corrected chi connectivity index (χ0v) is 11.1. The zero-order chi connectivity index (χ0) is 15.0. The molecule has 0 aliphatic rings. The first-order valence-electron chi connectivity index (χ1n) is 6.10. The van der Waals surface area contributed by atoms with Gasteiger partial charge in [0.25, 0.3) is 0 Å². The molecule has 1 rings (SSSR count). The Kier molecular flexibility index (Phi) is 6.30. The molecule has 1 aromatic carbocycles. The van der Waals surface area contributed by atoms with Crippen molar-refractivity contribution < 1.29 is 22.7 Å². The molecule has 0 aromatic heterocycles. The first-order chi connectivity index (χ1) is 9.43. The van der Waals surface area contributed by atoms with Crippen LogP contribution in [0.3, 0.4) is 0 Å². The number of anilines is 1. The minimum absolute atomic E-state index is 0.0122. The molecule has 4 nitrogen and oxygen atoms in total. The predicted molar refractivity (Wildman–Crippen MR) is 69.4 cm³/mol. The third kappa shape index (κ3) is 5.92. The fraction of sp³-hybridized carbons (Fsp3) is 0.462. The van der Waals surface area contributed by atoms with Crippen LogP contribution in [0.2, 0.25) is 0 Å². The number of benzene rings is 1. The Morgan fingerprint density at radius 3 is 2.45 bits per heavy atom. The number of rotatable bonds is 7. The lowest BCUT2D eigenvalue weighted by atomic mass is 10.2. The van der Waals surface area contributed by atoms with Gasteiger partial charge in [0.15, 0.2) is 0 Å². The van der Waals surface area contributed by atoms with E-state index in [9.17, 15) is 18.0 Å². The molecule has 20 heavy (non-hydrogen) atoms. The molecule has 0 radical (unpaired) electrons. The maximum atomic E-state index is 12.3. The number of nitrogens with one attached hydrogen (secondary N) is 2. The van der Waals surface area contributed by atoms with E-state index < -0.39 is 11.7 Å². The van der Waals surface area contributed by atoms with Gasteiger partial charge >= 0.3 is 6.18 Å². The van der Waals surface area contributed by atoms with Crippen molar-refractivity contribution in [3.8, 4) is 0 Å². The lowest BCUT2D eigenvalue weighted by molar-refractivity contribution is -0.137. The number of halogens is 3. The molecule has 1 amide bonds. The van der Waals surface area contributed by atoms with Gasteiger partial charge in [-0.1, -0.05) is 0 Å². The highest BCUT2D eigenvalue weighted by atomic mass is 19.4. The zero-order valence-electron chi connectivity index (χ0n) is 11.1. The van der Waals surface area contributed by atoms with E-state index in [2.05, 4.69) is 10.6 Å². The van der Waals surface area contributed by atoms with E-state index in [4.69, 9.17) is 4.74 Å². The van der Waals surface area contributed by atoms with Crippen molar-refractivity contribution >= 4 is 11.6 Å². The third-order valence-corrected chi connectivity index (χ3v) is 2.51. The van der Waals surface area contributed by atoms with E-state index in [0.29, 0.717) is 25.3 Å². The van der Waals surface area contributed by atoms with E-state index in [1.807, 2.05) is 0 Å². The first-order valence-corrected chi connectivity index (χ1v) is 6.10. The molecule has 112 valence electrons. The molecule has 7 heteroatoms. The number of alkyl halides is 3. The van der Waals surface area contributed by atoms with Crippen LogP contribution in [-0.2, 0) is 15.7 Å². The lowest BCUT2D eigenvalue weighted by Gasteiger charge is -2.10. The second-order valence-electron chi connectivity index (χ2n) is 4.12. The average Bonchev–Trinajstić information content (AvgIpc) is 2.41. The summed E-state index contributed by atoms with van der Waals surface area (Å²) in [6, 6.07) is 4.53. The van der Waals surface area contributed by atoms with Gasteiger partial charge in [-0.2, -0.15) is 13.2 Å². The van der Waals surface area contributed by atoms with E-state index in [0.717, 1.165) is 12.1 Å². The number of methoxy groups -OCH3 is 1. The number of carbonyl (C=O) groups excluding carboxylic acids is 1. The molecule has 0 spiro atoms. The van der Waals surface area contributed by atoms with Gasteiger partial charge in [0.05, 0.1) is 12.1 Å². The Morgan fingerprint density at radius 1 is 1.25 bits per heavy atom. The highest BCUT2D eigenvalue weighted by Crippen LogP contribution is 2.29. The van der Waals surface area contributed by atoms with Gasteiger partial charge in [0, 0.05) is 25.9 Å². The van der Waals surface area contributed by atoms with Crippen molar-refractivity contribution in [3.05, 3.63) is 29.8 Å². The van der Waals surface area contributed by atoms with Gasteiger partial charge < -0.3 is 15.4 Å². The number of amides is 1. The van der Waals surface area contributed by atoms with Crippen molar-refractivity contribution in [2.75, 3.05) is 32.1 Å². The summed E-state index contributed by atoms with van der Waals surface area (Å²) < 4.78 is 41.9. The van der Waals surface area contributed by atoms with Crippen LogP contribution >= 0.6 is 0 Å². The van der Waals surface area contributed by atoms with Gasteiger partial charge in [0.2, 0.25) is 5.91 Å². The topological polar surface area (TPSA) is 50.4 Å². The SMILES string of the molecule is COCCCNC(=O)CNc1ccc(C(F)(F)F)cc1. The Bertz CT molecular complexity index is 419. The van der Waals surface area contributed by atoms with Crippen LogP contribution < -0.4 is 10.6 Å². The standard InChI is InChI=1S/C13H17F3N2O2/c1-20-8-2-7-17-12(19)9-18-11-5-3-10(4-6-11)13(14,15)16/h3-6,18H,2,7-9H2,1H3,(H,17,19). The normalized spacial score (nSPS) is 11.2. The fourth-order valence-corrected chi connectivity index (χ4v) is 1.47. The molecule has 0 saturated heterocycles. The lowest BCUT2D eigenvalue weighted by Crippen LogP contribution is -2.31. The molecular formula is C13H17F3N2O2. The minimum atomic E-state index is -4.35. The Hall–Kier alpha value is -1.76. The number of hydrogen-bond acceptors (Lipinski definition) is 3. The van der Waals surface area contributed by atoms with Crippen LogP contribution in [0.5, 0.6) is 0 Å². The van der Waals surface area contributed by atoms with Crippen molar-refractivity contribution in [3.63, 3.8) is 0 Å². The number of carbonyl (C=O) groups is 1. The summed E-state index contributed by atoms with van der Waals surface area (Å²) >= 11 is 0. The molecule has 0 unspecified atom stereocenters. The van der Waals surface area contributed by atoms with Crippen LogP contribution in [-0.4, -0.2) is 32.7 Å². The molecule has 0 bridgehead atoms. The number of hydrogen-bond donors (Lipinski definition) is 2. The van der Waals surface area contributed by atoms with Crippen LogP contribution in [0.25, 0.3) is 0 Å². The van der Waals surface area contributed by atoms with E-state index in [-0.39, 0.29) is 12.5 Å². The maximum Gasteiger partial charge on any atom is 0.416 e. The average molecular weight is 290 g/mol. The van der Waals surface area contributed by atoms with E-state index in [1.165, 1.54) is 12.1 Å². The second-order valence-corrected chi connectivity index (χ2v) is 4.12. The molecule has 2 N–H and O–H groups in total. The van der Waals surface area contributed by atoms with Crippen molar-refractivity contribution in [2.24, 2.45) is 0 Å².